The maximum Gasteiger partial charge on any atom is 0.151 e. The van der Waals surface area contributed by atoms with Crippen molar-refractivity contribution in [3.63, 3.8) is 0 Å². The van der Waals surface area contributed by atoms with Crippen molar-refractivity contribution >= 4 is 10.9 Å². The van der Waals surface area contributed by atoms with E-state index in [-0.39, 0.29) is 5.82 Å². The van der Waals surface area contributed by atoms with Crippen molar-refractivity contribution in [2.75, 3.05) is 7.11 Å². The molecule has 0 N–H and O–H groups in total. The zero-order chi connectivity index (χ0) is 12.0. The van der Waals surface area contributed by atoms with Crippen LogP contribution in [0.2, 0.25) is 0 Å². The lowest BCUT2D eigenvalue weighted by Crippen LogP contribution is -1.95. The van der Waals surface area contributed by atoms with E-state index in [4.69, 9.17) is 4.74 Å². The highest BCUT2D eigenvalue weighted by molar-refractivity contribution is 5.90. The summed E-state index contributed by atoms with van der Waals surface area (Å²) in [5.74, 6) is 0.384. The van der Waals surface area contributed by atoms with Crippen molar-refractivity contribution in [1.82, 2.24) is 4.57 Å². The van der Waals surface area contributed by atoms with Crippen LogP contribution < -0.4 is 4.74 Å². The number of aryl methyl sites for hydroxylation is 3. The molecule has 3 heteroatoms. The third-order valence-corrected chi connectivity index (χ3v) is 3.44. The highest BCUT2D eigenvalue weighted by Gasteiger charge is 2.17. The highest BCUT2D eigenvalue weighted by atomic mass is 19.1. The molecule has 0 aliphatic heterocycles. The minimum atomic E-state index is -0.226. The molecule has 0 atom stereocenters. The highest BCUT2D eigenvalue weighted by Crippen LogP contribution is 2.34. The first-order valence-electron chi connectivity index (χ1n) is 5.27. The number of fused-ring (bicyclic) bond motifs is 1. The van der Waals surface area contributed by atoms with Crippen LogP contribution in [0.15, 0.2) is 6.07 Å². The molecular formula is C13H16FNO. The maximum absolute atomic E-state index is 14.0. The molecular weight excluding hydrogens is 205 g/mol. The third kappa shape index (κ3) is 1.24. The fraction of sp³-hybridized carbons (Fsp3) is 0.385. The molecule has 0 aliphatic carbocycles. The quantitative estimate of drug-likeness (QED) is 0.721. The predicted octanol–water partition coefficient (Wildman–Crippen LogP) is 3.25. The van der Waals surface area contributed by atoms with Crippen LogP contribution in [-0.2, 0) is 7.05 Å². The Kier molecular flexibility index (Phi) is 2.41. The second-order valence-corrected chi connectivity index (χ2v) is 4.18. The normalized spacial score (nSPS) is 11.1. The molecule has 0 saturated heterocycles. The molecule has 0 amide bonds. The summed E-state index contributed by atoms with van der Waals surface area (Å²) in [6.07, 6.45) is 0. The van der Waals surface area contributed by atoms with Gasteiger partial charge in [-0.1, -0.05) is 0 Å². The van der Waals surface area contributed by atoms with Gasteiger partial charge < -0.3 is 9.30 Å². The number of hydrogen-bond donors (Lipinski definition) is 0. The van der Waals surface area contributed by atoms with Gasteiger partial charge in [0.15, 0.2) is 5.82 Å². The Labute approximate surface area is 94.6 Å². The van der Waals surface area contributed by atoms with Crippen LogP contribution in [0.5, 0.6) is 5.75 Å². The van der Waals surface area contributed by atoms with Crippen LogP contribution in [0.3, 0.4) is 0 Å². The van der Waals surface area contributed by atoms with Crippen molar-refractivity contribution < 1.29 is 9.13 Å². The number of aromatic nitrogens is 1. The maximum atomic E-state index is 14.0. The number of nitrogens with zero attached hydrogens (tertiary/aromatic N) is 1. The van der Waals surface area contributed by atoms with E-state index in [2.05, 4.69) is 0 Å². The lowest BCUT2D eigenvalue weighted by Gasteiger charge is -2.08. The van der Waals surface area contributed by atoms with Crippen molar-refractivity contribution in [3.8, 4) is 5.75 Å². The van der Waals surface area contributed by atoms with E-state index >= 15 is 0 Å². The Morgan fingerprint density at radius 3 is 2.38 bits per heavy atom. The molecule has 0 spiro atoms. The Morgan fingerprint density at radius 2 is 1.81 bits per heavy atom. The molecule has 2 rings (SSSR count). The molecule has 1 aromatic carbocycles. The Balaban J connectivity index is 3.02. The van der Waals surface area contributed by atoms with Crippen LogP contribution in [0.1, 0.15) is 16.8 Å². The fourth-order valence-corrected chi connectivity index (χ4v) is 2.31. The number of hydrogen-bond acceptors (Lipinski definition) is 1. The molecule has 16 heavy (non-hydrogen) atoms. The van der Waals surface area contributed by atoms with E-state index in [0.717, 1.165) is 22.2 Å². The molecule has 0 saturated carbocycles. The van der Waals surface area contributed by atoms with Crippen molar-refractivity contribution in [2.45, 2.75) is 20.8 Å². The van der Waals surface area contributed by atoms with E-state index in [9.17, 15) is 4.39 Å². The van der Waals surface area contributed by atoms with Gasteiger partial charge in [-0.25, -0.2) is 4.39 Å². The minimum absolute atomic E-state index is 0.226. The predicted molar refractivity (Wildman–Crippen MR) is 63.6 cm³/mol. The van der Waals surface area contributed by atoms with E-state index in [1.165, 1.54) is 6.07 Å². The van der Waals surface area contributed by atoms with Gasteiger partial charge in [0.1, 0.15) is 5.75 Å². The zero-order valence-electron chi connectivity index (χ0n) is 10.3. The summed E-state index contributed by atoms with van der Waals surface area (Å²) in [4.78, 5) is 0. The standard InChI is InChI=1S/C13H16FNO/c1-7-9(3)15(4)13-10(14)6-11(16-5)8(2)12(7)13/h6H,1-5H3. The van der Waals surface area contributed by atoms with Gasteiger partial charge in [0, 0.05) is 29.8 Å². The van der Waals surface area contributed by atoms with Crippen molar-refractivity contribution in [1.29, 1.82) is 0 Å². The molecule has 0 aliphatic rings. The van der Waals surface area contributed by atoms with Crippen LogP contribution in [0.25, 0.3) is 10.9 Å². The average molecular weight is 221 g/mol. The molecule has 1 aromatic heterocycles. The lowest BCUT2D eigenvalue weighted by molar-refractivity contribution is 0.409. The summed E-state index contributed by atoms with van der Waals surface area (Å²) in [6, 6.07) is 1.45. The first kappa shape index (κ1) is 11.0. The number of halogens is 1. The monoisotopic (exact) mass is 221 g/mol. The largest absolute Gasteiger partial charge is 0.496 e. The molecule has 86 valence electrons. The first-order valence-corrected chi connectivity index (χ1v) is 5.27. The van der Waals surface area contributed by atoms with Gasteiger partial charge in [0.2, 0.25) is 0 Å². The average Bonchev–Trinajstić information content (AvgIpc) is 2.49. The van der Waals surface area contributed by atoms with Gasteiger partial charge >= 0.3 is 0 Å². The molecule has 2 nitrogen and oxygen atoms in total. The molecule has 2 aromatic rings. The molecule has 0 unspecified atom stereocenters. The van der Waals surface area contributed by atoms with Gasteiger partial charge in [-0.2, -0.15) is 0 Å². The third-order valence-electron chi connectivity index (χ3n) is 3.44. The zero-order valence-corrected chi connectivity index (χ0v) is 10.3. The van der Waals surface area contributed by atoms with Gasteiger partial charge in [-0.05, 0) is 26.3 Å². The topological polar surface area (TPSA) is 14.2 Å². The Bertz CT molecular complexity index is 569. The van der Waals surface area contributed by atoms with E-state index < -0.39 is 0 Å². The van der Waals surface area contributed by atoms with Gasteiger partial charge in [0.05, 0.1) is 12.6 Å². The number of benzene rings is 1. The molecule has 1 heterocycles. The Morgan fingerprint density at radius 1 is 1.19 bits per heavy atom. The van der Waals surface area contributed by atoms with Crippen LogP contribution in [0, 0.1) is 26.6 Å². The molecule has 0 bridgehead atoms. The number of rotatable bonds is 1. The minimum Gasteiger partial charge on any atom is -0.496 e. The van der Waals surface area contributed by atoms with Gasteiger partial charge in [-0.15, -0.1) is 0 Å². The van der Waals surface area contributed by atoms with E-state index in [1.54, 1.807) is 7.11 Å². The number of methoxy groups -OCH3 is 1. The lowest BCUT2D eigenvalue weighted by atomic mass is 10.1. The van der Waals surface area contributed by atoms with E-state index in [0.29, 0.717) is 11.3 Å². The summed E-state index contributed by atoms with van der Waals surface area (Å²) in [5, 5.41) is 0.969. The van der Waals surface area contributed by atoms with Gasteiger partial charge in [0.25, 0.3) is 0 Å². The smallest absolute Gasteiger partial charge is 0.151 e. The SMILES string of the molecule is COc1cc(F)c2c(c1C)c(C)c(C)n2C. The second-order valence-electron chi connectivity index (χ2n) is 4.18. The summed E-state index contributed by atoms with van der Waals surface area (Å²) in [7, 11) is 3.46. The number of ether oxygens (including phenoxy) is 1. The van der Waals surface area contributed by atoms with E-state index in [1.807, 2.05) is 32.4 Å². The fourth-order valence-electron chi connectivity index (χ4n) is 2.31. The van der Waals surface area contributed by atoms with Gasteiger partial charge in [-0.3, -0.25) is 0 Å². The Hall–Kier alpha value is -1.51. The van der Waals surface area contributed by atoms with Crippen LogP contribution in [0.4, 0.5) is 4.39 Å². The van der Waals surface area contributed by atoms with Crippen LogP contribution >= 0.6 is 0 Å². The van der Waals surface area contributed by atoms with Crippen molar-refractivity contribution in [2.24, 2.45) is 7.05 Å². The van der Waals surface area contributed by atoms with Crippen LogP contribution in [-0.4, -0.2) is 11.7 Å². The molecule has 0 radical (unpaired) electrons. The summed E-state index contributed by atoms with van der Waals surface area (Å²) >= 11 is 0. The molecule has 0 fully saturated rings. The summed E-state index contributed by atoms with van der Waals surface area (Å²) < 4.78 is 21.1. The second kappa shape index (κ2) is 3.51. The summed E-state index contributed by atoms with van der Waals surface area (Å²) in [5.41, 5.74) is 3.87. The first-order chi connectivity index (χ1) is 7.49. The summed E-state index contributed by atoms with van der Waals surface area (Å²) in [6.45, 7) is 5.98. The van der Waals surface area contributed by atoms with Crippen molar-refractivity contribution in [3.05, 3.63) is 28.7 Å².